The second kappa shape index (κ2) is 5.07. The zero-order valence-corrected chi connectivity index (χ0v) is 9.72. The van der Waals surface area contributed by atoms with Crippen LogP contribution in [0.25, 0.3) is 0 Å². The van der Waals surface area contributed by atoms with Crippen LogP contribution < -0.4 is 10.5 Å². The van der Waals surface area contributed by atoms with Crippen molar-refractivity contribution in [3.63, 3.8) is 0 Å². The summed E-state index contributed by atoms with van der Waals surface area (Å²) in [5, 5.41) is 17.4. The Bertz CT molecular complexity index is 714. The normalized spacial score (nSPS) is 9.42. The van der Waals surface area contributed by atoms with Crippen molar-refractivity contribution in [2.75, 3.05) is 5.73 Å². The van der Waals surface area contributed by atoms with Crippen molar-refractivity contribution >= 4 is 5.69 Å². The van der Waals surface area contributed by atoms with Crippen molar-refractivity contribution in [2.24, 2.45) is 0 Å². The molecule has 0 aromatic heterocycles. The molecule has 0 aliphatic rings. The monoisotopic (exact) mass is 253 g/mol. The van der Waals surface area contributed by atoms with Gasteiger partial charge in [-0.15, -0.1) is 0 Å². The van der Waals surface area contributed by atoms with Crippen LogP contribution in [-0.2, 0) is 0 Å². The molecule has 0 fully saturated rings. The van der Waals surface area contributed by atoms with Crippen LogP contribution >= 0.6 is 0 Å². The third-order valence-electron chi connectivity index (χ3n) is 2.43. The molecule has 0 atom stereocenters. The highest BCUT2D eigenvalue weighted by Crippen LogP contribution is 2.27. The molecular weight excluding hydrogens is 245 g/mol. The van der Waals surface area contributed by atoms with Gasteiger partial charge in [0.15, 0.2) is 11.6 Å². The smallest absolute Gasteiger partial charge is 0.167 e. The van der Waals surface area contributed by atoms with Crippen LogP contribution in [0.1, 0.15) is 11.1 Å². The molecule has 19 heavy (non-hydrogen) atoms. The van der Waals surface area contributed by atoms with Crippen molar-refractivity contribution in [3.8, 4) is 23.6 Å². The minimum Gasteiger partial charge on any atom is -0.454 e. The Morgan fingerprint density at radius 2 is 1.84 bits per heavy atom. The second-order valence-corrected chi connectivity index (χ2v) is 3.72. The second-order valence-electron chi connectivity index (χ2n) is 3.72. The number of nitrogen functional groups attached to an aromatic ring is 1. The van der Waals surface area contributed by atoms with Gasteiger partial charge in [0, 0.05) is 6.07 Å². The maximum absolute atomic E-state index is 13.6. The lowest BCUT2D eigenvalue weighted by Crippen LogP contribution is -1.93. The Morgan fingerprint density at radius 3 is 2.42 bits per heavy atom. The van der Waals surface area contributed by atoms with Crippen molar-refractivity contribution in [2.45, 2.75) is 0 Å². The van der Waals surface area contributed by atoms with Crippen LogP contribution in [-0.4, -0.2) is 0 Å². The number of hydrogen-bond acceptors (Lipinski definition) is 4. The zero-order chi connectivity index (χ0) is 13.8. The van der Waals surface area contributed by atoms with E-state index in [2.05, 4.69) is 0 Å². The number of anilines is 1. The number of halogens is 1. The fourth-order valence-electron chi connectivity index (χ4n) is 1.49. The highest BCUT2D eigenvalue weighted by atomic mass is 19.1. The van der Waals surface area contributed by atoms with E-state index >= 15 is 0 Å². The SMILES string of the molecule is N#Cc1ccc(Oc2ccc(C#N)c(N)c2)c(F)c1. The Balaban J connectivity index is 2.30. The Kier molecular flexibility index (Phi) is 3.31. The fraction of sp³-hybridized carbons (Fsp3) is 0. The molecule has 2 aromatic carbocycles. The third kappa shape index (κ3) is 2.62. The van der Waals surface area contributed by atoms with Gasteiger partial charge in [-0.25, -0.2) is 4.39 Å². The van der Waals surface area contributed by atoms with Crippen LogP contribution in [0, 0.1) is 28.5 Å². The molecule has 5 heteroatoms. The van der Waals surface area contributed by atoms with Gasteiger partial charge >= 0.3 is 0 Å². The first-order valence-electron chi connectivity index (χ1n) is 5.31. The Labute approximate surface area is 109 Å². The first-order valence-corrected chi connectivity index (χ1v) is 5.31. The molecule has 4 nitrogen and oxygen atoms in total. The van der Waals surface area contributed by atoms with Crippen LogP contribution in [0.2, 0.25) is 0 Å². The van der Waals surface area contributed by atoms with Gasteiger partial charge in [0.05, 0.1) is 22.9 Å². The van der Waals surface area contributed by atoms with Crippen molar-refractivity contribution in [3.05, 3.63) is 53.3 Å². The van der Waals surface area contributed by atoms with E-state index in [-0.39, 0.29) is 17.0 Å². The molecule has 0 heterocycles. The number of hydrogen-bond donors (Lipinski definition) is 1. The topological polar surface area (TPSA) is 82.8 Å². The van der Waals surface area contributed by atoms with E-state index in [1.165, 1.54) is 30.3 Å². The van der Waals surface area contributed by atoms with E-state index in [0.717, 1.165) is 6.07 Å². The molecule has 2 rings (SSSR count). The van der Waals surface area contributed by atoms with Gasteiger partial charge in [-0.2, -0.15) is 10.5 Å². The summed E-state index contributed by atoms with van der Waals surface area (Å²) in [7, 11) is 0. The third-order valence-corrected chi connectivity index (χ3v) is 2.43. The molecule has 0 unspecified atom stereocenters. The van der Waals surface area contributed by atoms with E-state index in [9.17, 15) is 4.39 Å². The summed E-state index contributed by atoms with van der Waals surface area (Å²) in [4.78, 5) is 0. The van der Waals surface area contributed by atoms with E-state index < -0.39 is 5.82 Å². The fourth-order valence-corrected chi connectivity index (χ4v) is 1.49. The molecule has 2 N–H and O–H groups in total. The maximum Gasteiger partial charge on any atom is 0.167 e. The first kappa shape index (κ1) is 12.4. The average Bonchev–Trinajstić information content (AvgIpc) is 2.41. The number of nitriles is 2. The molecule has 0 radical (unpaired) electrons. The number of ether oxygens (including phenoxy) is 1. The van der Waals surface area contributed by atoms with Gasteiger partial charge in [0.2, 0.25) is 0 Å². The zero-order valence-electron chi connectivity index (χ0n) is 9.72. The van der Waals surface area contributed by atoms with Gasteiger partial charge in [-0.3, -0.25) is 0 Å². The van der Waals surface area contributed by atoms with Crippen LogP contribution in [0.5, 0.6) is 11.5 Å². The van der Waals surface area contributed by atoms with E-state index in [4.69, 9.17) is 21.0 Å². The van der Waals surface area contributed by atoms with Gasteiger partial charge in [0.1, 0.15) is 11.8 Å². The summed E-state index contributed by atoms with van der Waals surface area (Å²) in [5.74, 6) is -0.329. The first-order chi connectivity index (χ1) is 9.13. The number of rotatable bonds is 2. The predicted molar refractivity (Wildman–Crippen MR) is 66.8 cm³/mol. The van der Waals surface area contributed by atoms with Crippen molar-refractivity contribution < 1.29 is 9.13 Å². The quantitative estimate of drug-likeness (QED) is 0.834. The molecule has 0 bridgehead atoms. The summed E-state index contributed by atoms with van der Waals surface area (Å²) >= 11 is 0. The van der Waals surface area contributed by atoms with Gasteiger partial charge in [0.25, 0.3) is 0 Å². The molecule has 92 valence electrons. The van der Waals surface area contributed by atoms with Crippen LogP contribution in [0.4, 0.5) is 10.1 Å². The van der Waals surface area contributed by atoms with Crippen molar-refractivity contribution in [1.29, 1.82) is 10.5 Å². The van der Waals surface area contributed by atoms with E-state index in [1.807, 2.05) is 12.1 Å². The lowest BCUT2D eigenvalue weighted by atomic mass is 10.2. The standard InChI is InChI=1S/C14H8FN3O/c15-12-5-9(7-16)1-4-14(12)19-11-3-2-10(8-17)13(18)6-11/h1-6H,18H2. The molecule has 0 amide bonds. The van der Waals surface area contributed by atoms with Gasteiger partial charge < -0.3 is 10.5 Å². The molecule has 2 aromatic rings. The van der Waals surface area contributed by atoms with Gasteiger partial charge in [-0.05, 0) is 30.3 Å². The minimum atomic E-state index is -0.637. The predicted octanol–water partition coefficient (Wildman–Crippen LogP) is 2.94. The summed E-state index contributed by atoms with van der Waals surface area (Å²) < 4.78 is 18.9. The molecular formula is C14H8FN3O. The number of benzene rings is 2. The van der Waals surface area contributed by atoms with Gasteiger partial charge in [-0.1, -0.05) is 0 Å². The maximum atomic E-state index is 13.6. The Hall–Kier alpha value is -3.05. The largest absolute Gasteiger partial charge is 0.454 e. The van der Waals surface area contributed by atoms with Crippen LogP contribution in [0.15, 0.2) is 36.4 Å². The molecule has 0 aliphatic carbocycles. The molecule has 0 saturated heterocycles. The number of nitrogens with zero attached hydrogens (tertiary/aromatic N) is 2. The molecule has 0 spiro atoms. The highest BCUT2D eigenvalue weighted by molar-refractivity contribution is 5.57. The highest BCUT2D eigenvalue weighted by Gasteiger charge is 2.07. The average molecular weight is 253 g/mol. The van der Waals surface area contributed by atoms with E-state index in [0.29, 0.717) is 11.3 Å². The lowest BCUT2D eigenvalue weighted by molar-refractivity contribution is 0.442. The summed E-state index contributed by atoms with van der Waals surface area (Å²) in [6, 6.07) is 12.1. The minimum absolute atomic E-state index is 0.0110. The van der Waals surface area contributed by atoms with Crippen LogP contribution in [0.3, 0.4) is 0 Å². The summed E-state index contributed by atoms with van der Waals surface area (Å²) in [6.45, 7) is 0. The van der Waals surface area contributed by atoms with Crippen molar-refractivity contribution in [1.82, 2.24) is 0 Å². The summed E-state index contributed by atoms with van der Waals surface area (Å²) in [6.07, 6.45) is 0. The molecule has 0 saturated carbocycles. The summed E-state index contributed by atoms with van der Waals surface area (Å²) in [5.41, 5.74) is 6.43. The molecule has 0 aliphatic heterocycles. The van der Waals surface area contributed by atoms with E-state index in [1.54, 1.807) is 0 Å². The lowest BCUT2D eigenvalue weighted by Gasteiger charge is -2.08. The Morgan fingerprint density at radius 1 is 1.05 bits per heavy atom. The number of nitrogens with two attached hydrogens (primary N) is 1.